The van der Waals surface area contributed by atoms with Gasteiger partial charge >= 0.3 is 0 Å². The van der Waals surface area contributed by atoms with Gasteiger partial charge < -0.3 is 4.90 Å². The van der Waals surface area contributed by atoms with Crippen molar-refractivity contribution in [1.29, 1.82) is 0 Å². The number of hydrogen-bond donors (Lipinski definition) is 0. The van der Waals surface area contributed by atoms with Crippen molar-refractivity contribution < 1.29 is 8.78 Å². The summed E-state index contributed by atoms with van der Waals surface area (Å²) in [6.07, 6.45) is -0.299. The molecule has 0 atom stereocenters. The Kier molecular flexibility index (Phi) is 2.65. The van der Waals surface area contributed by atoms with Gasteiger partial charge in [-0.05, 0) is 25.0 Å². The number of aromatic nitrogens is 3. The number of pyridine rings is 1. The second-order valence-electron chi connectivity index (χ2n) is 4.75. The summed E-state index contributed by atoms with van der Waals surface area (Å²) in [7, 11) is 0. The predicted molar refractivity (Wildman–Crippen MR) is 64.0 cm³/mol. The Morgan fingerprint density at radius 3 is 2.89 bits per heavy atom. The van der Waals surface area contributed by atoms with E-state index in [9.17, 15) is 8.78 Å². The highest BCUT2D eigenvalue weighted by Gasteiger charge is 2.29. The van der Waals surface area contributed by atoms with Crippen LogP contribution in [0.5, 0.6) is 0 Å². The van der Waals surface area contributed by atoms with Gasteiger partial charge in [-0.15, -0.1) is 0 Å². The zero-order valence-corrected chi connectivity index (χ0v) is 10.1. The SMILES string of the molecule is Cc1nc2ccc(N3CC(CC(F)F)C3)cn2n1. The molecule has 18 heavy (non-hydrogen) atoms. The number of fused-ring (bicyclic) bond motifs is 1. The van der Waals surface area contributed by atoms with Crippen LogP contribution in [0.2, 0.25) is 0 Å². The van der Waals surface area contributed by atoms with Gasteiger partial charge in [-0.1, -0.05) is 0 Å². The van der Waals surface area contributed by atoms with Crippen LogP contribution in [-0.4, -0.2) is 34.1 Å². The maximum atomic E-state index is 12.2. The molecule has 3 heterocycles. The van der Waals surface area contributed by atoms with E-state index in [0.717, 1.165) is 17.2 Å². The fourth-order valence-electron chi connectivity index (χ4n) is 2.35. The lowest BCUT2D eigenvalue weighted by Gasteiger charge is -2.40. The average molecular weight is 252 g/mol. The van der Waals surface area contributed by atoms with E-state index in [-0.39, 0.29) is 12.3 Å². The van der Waals surface area contributed by atoms with Crippen LogP contribution in [0, 0.1) is 12.8 Å². The molecule has 1 aliphatic rings. The summed E-state index contributed by atoms with van der Waals surface area (Å²) >= 11 is 0. The summed E-state index contributed by atoms with van der Waals surface area (Å²) in [6.45, 7) is 3.24. The number of nitrogens with zero attached hydrogens (tertiary/aromatic N) is 4. The minimum absolute atomic E-state index is 0.00117. The van der Waals surface area contributed by atoms with E-state index in [2.05, 4.69) is 15.0 Å². The van der Waals surface area contributed by atoms with Gasteiger partial charge in [0.25, 0.3) is 0 Å². The van der Waals surface area contributed by atoms with Crippen molar-refractivity contribution in [2.24, 2.45) is 5.92 Å². The molecule has 6 heteroatoms. The highest BCUT2D eigenvalue weighted by molar-refractivity contribution is 5.52. The van der Waals surface area contributed by atoms with Crippen LogP contribution in [0.15, 0.2) is 18.3 Å². The molecule has 0 aliphatic carbocycles. The van der Waals surface area contributed by atoms with Crippen molar-refractivity contribution >= 4 is 11.3 Å². The molecular formula is C12H14F2N4. The zero-order valence-electron chi connectivity index (χ0n) is 10.1. The van der Waals surface area contributed by atoms with Crippen LogP contribution in [0.1, 0.15) is 12.2 Å². The fourth-order valence-corrected chi connectivity index (χ4v) is 2.35. The van der Waals surface area contributed by atoms with Gasteiger partial charge in [0.1, 0.15) is 5.82 Å². The molecule has 0 saturated carbocycles. The standard InChI is InChI=1S/C12H14F2N4/c1-8-15-12-3-2-10(7-18(12)16-8)17-5-9(6-17)4-11(13)14/h2-3,7,9,11H,4-6H2,1H3. The first-order valence-electron chi connectivity index (χ1n) is 5.98. The number of anilines is 1. The van der Waals surface area contributed by atoms with Gasteiger partial charge in [0.2, 0.25) is 6.43 Å². The van der Waals surface area contributed by atoms with Crippen molar-refractivity contribution in [1.82, 2.24) is 14.6 Å². The van der Waals surface area contributed by atoms with Gasteiger partial charge in [-0.2, -0.15) is 5.10 Å². The molecule has 2 aromatic heterocycles. The Bertz CT molecular complexity index is 560. The Labute approximate surface area is 103 Å². The number of hydrogen-bond acceptors (Lipinski definition) is 3. The van der Waals surface area contributed by atoms with E-state index < -0.39 is 6.43 Å². The predicted octanol–water partition coefficient (Wildman–Crippen LogP) is 2.13. The lowest BCUT2D eigenvalue weighted by atomic mass is 9.96. The highest BCUT2D eigenvalue weighted by atomic mass is 19.3. The lowest BCUT2D eigenvalue weighted by Crippen LogP contribution is -2.47. The first kappa shape index (κ1) is 11.4. The molecular weight excluding hydrogens is 238 g/mol. The quantitative estimate of drug-likeness (QED) is 0.839. The maximum Gasteiger partial charge on any atom is 0.239 e. The van der Waals surface area contributed by atoms with Gasteiger partial charge in [-0.3, -0.25) is 0 Å². The molecule has 2 aromatic rings. The van der Waals surface area contributed by atoms with Crippen molar-refractivity contribution in [2.75, 3.05) is 18.0 Å². The number of rotatable bonds is 3. The van der Waals surface area contributed by atoms with Crippen LogP contribution in [0.4, 0.5) is 14.5 Å². The first-order valence-corrected chi connectivity index (χ1v) is 5.98. The molecule has 0 spiro atoms. The van der Waals surface area contributed by atoms with Gasteiger partial charge in [-0.25, -0.2) is 18.3 Å². The normalized spacial score (nSPS) is 16.6. The van der Waals surface area contributed by atoms with E-state index >= 15 is 0 Å². The smallest absolute Gasteiger partial charge is 0.239 e. The van der Waals surface area contributed by atoms with Crippen LogP contribution in [-0.2, 0) is 0 Å². The summed E-state index contributed by atoms with van der Waals surface area (Å²) in [6, 6.07) is 3.86. The maximum absolute atomic E-state index is 12.2. The minimum Gasteiger partial charge on any atom is -0.370 e. The van der Waals surface area contributed by atoms with E-state index in [1.165, 1.54) is 0 Å². The van der Waals surface area contributed by atoms with Crippen molar-refractivity contribution in [2.45, 2.75) is 19.8 Å². The van der Waals surface area contributed by atoms with Crippen molar-refractivity contribution in [3.63, 3.8) is 0 Å². The summed E-state index contributed by atoms with van der Waals surface area (Å²) in [4.78, 5) is 6.33. The largest absolute Gasteiger partial charge is 0.370 e. The molecule has 0 radical (unpaired) electrons. The van der Waals surface area contributed by atoms with Crippen LogP contribution in [0.3, 0.4) is 0 Å². The van der Waals surface area contributed by atoms with Crippen LogP contribution < -0.4 is 4.90 Å². The molecule has 0 unspecified atom stereocenters. The van der Waals surface area contributed by atoms with E-state index in [4.69, 9.17) is 0 Å². The molecule has 1 aliphatic heterocycles. The topological polar surface area (TPSA) is 33.4 Å². The number of halogens is 2. The highest BCUT2D eigenvalue weighted by Crippen LogP contribution is 2.28. The molecule has 1 saturated heterocycles. The average Bonchev–Trinajstić information content (AvgIpc) is 2.61. The second-order valence-corrected chi connectivity index (χ2v) is 4.75. The Morgan fingerprint density at radius 1 is 1.39 bits per heavy atom. The molecule has 96 valence electrons. The summed E-state index contributed by atoms with van der Waals surface area (Å²) in [5.74, 6) is 0.838. The molecule has 3 rings (SSSR count). The van der Waals surface area contributed by atoms with Crippen molar-refractivity contribution in [3.05, 3.63) is 24.2 Å². The van der Waals surface area contributed by atoms with E-state index in [1.807, 2.05) is 25.3 Å². The summed E-state index contributed by atoms with van der Waals surface area (Å²) in [5, 5.41) is 4.24. The second kappa shape index (κ2) is 4.19. The molecule has 4 nitrogen and oxygen atoms in total. The monoisotopic (exact) mass is 252 g/mol. The molecule has 0 amide bonds. The molecule has 0 aromatic carbocycles. The Morgan fingerprint density at radius 2 is 2.17 bits per heavy atom. The molecule has 1 fully saturated rings. The van der Waals surface area contributed by atoms with Crippen LogP contribution in [0.25, 0.3) is 5.65 Å². The summed E-state index contributed by atoms with van der Waals surface area (Å²) < 4.78 is 26.1. The first-order chi connectivity index (χ1) is 8.61. The lowest BCUT2D eigenvalue weighted by molar-refractivity contribution is 0.107. The molecule has 0 bridgehead atoms. The zero-order chi connectivity index (χ0) is 12.7. The fraction of sp³-hybridized carbons (Fsp3) is 0.500. The van der Waals surface area contributed by atoms with Crippen molar-refractivity contribution in [3.8, 4) is 0 Å². The Balaban J connectivity index is 1.72. The minimum atomic E-state index is -2.20. The third kappa shape index (κ3) is 2.02. The number of aryl methyl sites for hydroxylation is 1. The third-order valence-electron chi connectivity index (χ3n) is 3.26. The molecule has 0 N–H and O–H groups in total. The Hall–Kier alpha value is -1.72. The van der Waals surface area contributed by atoms with Gasteiger partial charge in [0.15, 0.2) is 5.65 Å². The third-order valence-corrected chi connectivity index (χ3v) is 3.26. The van der Waals surface area contributed by atoms with E-state index in [0.29, 0.717) is 13.1 Å². The van der Waals surface area contributed by atoms with Gasteiger partial charge in [0, 0.05) is 19.5 Å². The number of alkyl halides is 2. The van der Waals surface area contributed by atoms with Gasteiger partial charge in [0.05, 0.1) is 11.9 Å². The van der Waals surface area contributed by atoms with E-state index in [1.54, 1.807) is 4.52 Å². The summed E-state index contributed by atoms with van der Waals surface area (Å²) in [5.41, 5.74) is 1.82. The van der Waals surface area contributed by atoms with Crippen LogP contribution >= 0.6 is 0 Å².